The van der Waals surface area contributed by atoms with Crippen LogP contribution < -0.4 is 5.73 Å². The van der Waals surface area contributed by atoms with Crippen LogP contribution in [-0.4, -0.2) is 28.5 Å². The van der Waals surface area contributed by atoms with Gasteiger partial charge in [-0.1, -0.05) is 13.0 Å². The molecule has 3 nitrogen and oxygen atoms in total. The summed E-state index contributed by atoms with van der Waals surface area (Å²) in [6, 6.07) is 4.91. The fourth-order valence-electron chi connectivity index (χ4n) is 2.23. The Hall–Kier alpha value is -0.930. The van der Waals surface area contributed by atoms with E-state index in [0.29, 0.717) is 6.04 Å². The zero-order valence-electron chi connectivity index (χ0n) is 10.7. The van der Waals surface area contributed by atoms with Gasteiger partial charge in [-0.2, -0.15) is 0 Å². The first kappa shape index (κ1) is 13.1. The third-order valence-corrected chi connectivity index (χ3v) is 2.91. The van der Waals surface area contributed by atoms with Crippen LogP contribution in [0.5, 0.6) is 0 Å². The number of aromatic nitrogens is 1. The monoisotopic (exact) mass is 221 g/mol. The molecule has 16 heavy (non-hydrogen) atoms. The van der Waals surface area contributed by atoms with Crippen LogP contribution in [0.25, 0.3) is 0 Å². The lowest BCUT2D eigenvalue weighted by Crippen LogP contribution is -2.43. The normalized spacial score (nSPS) is 15.4. The first-order valence-electron chi connectivity index (χ1n) is 5.99. The molecule has 0 bridgehead atoms. The molecule has 90 valence electrons. The molecule has 2 atom stereocenters. The Morgan fingerprint density at radius 1 is 1.38 bits per heavy atom. The molecule has 0 fully saturated rings. The van der Waals surface area contributed by atoms with Gasteiger partial charge in [0.25, 0.3) is 0 Å². The number of likely N-dealkylation sites (N-methyl/N-ethyl adjacent to an activating group) is 1. The van der Waals surface area contributed by atoms with Gasteiger partial charge in [0.1, 0.15) is 0 Å². The van der Waals surface area contributed by atoms with Gasteiger partial charge in [0.2, 0.25) is 0 Å². The van der Waals surface area contributed by atoms with E-state index < -0.39 is 0 Å². The van der Waals surface area contributed by atoms with Crippen LogP contribution in [0.3, 0.4) is 0 Å². The van der Waals surface area contributed by atoms with Crippen LogP contribution in [0.4, 0.5) is 0 Å². The number of pyridine rings is 1. The van der Waals surface area contributed by atoms with Crippen molar-refractivity contribution in [3.8, 4) is 0 Å². The Morgan fingerprint density at radius 3 is 2.44 bits per heavy atom. The van der Waals surface area contributed by atoms with E-state index in [1.54, 1.807) is 6.20 Å². The van der Waals surface area contributed by atoms with Gasteiger partial charge in [0.05, 0.1) is 6.04 Å². The molecule has 0 aliphatic heterocycles. The molecule has 2 N–H and O–H groups in total. The average Bonchev–Trinajstić information content (AvgIpc) is 2.25. The predicted octanol–water partition coefficient (Wildman–Crippen LogP) is 2.20. The van der Waals surface area contributed by atoms with Gasteiger partial charge in [-0.3, -0.25) is 9.88 Å². The largest absolute Gasteiger partial charge is 0.326 e. The highest BCUT2D eigenvalue weighted by Crippen LogP contribution is 2.24. The molecule has 0 aromatic carbocycles. The molecule has 2 unspecified atom stereocenters. The smallest absolute Gasteiger partial charge is 0.0514 e. The number of nitrogens with zero attached hydrogens (tertiary/aromatic N) is 2. The highest BCUT2D eigenvalue weighted by atomic mass is 15.2. The molecule has 0 aliphatic rings. The van der Waals surface area contributed by atoms with Crippen LogP contribution in [-0.2, 0) is 0 Å². The lowest BCUT2D eigenvalue weighted by atomic mass is 9.99. The molecule has 0 aliphatic carbocycles. The predicted molar refractivity (Wildman–Crippen MR) is 68.1 cm³/mol. The molecular formula is C13H23N3. The van der Waals surface area contributed by atoms with Gasteiger partial charge in [0, 0.05) is 24.5 Å². The van der Waals surface area contributed by atoms with E-state index in [2.05, 4.69) is 43.6 Å². The Kier molecular flexibility index (Phi) is 4.90. The van der Waals surface area contributed by atoms with Crippen molar-refractivity contribution in [2.24, 2.45) is 5.73 Å². The molecule has 0 spiro atoms. The fraction of sp³-hybridized carbons (Fsp3) is 0.615. The van der Waals surface area contributed by atoms with Crippen molar-refractivity contribution in [3.05, 3.63) is 30.1 Å². The topological polar surface area (TPSA) is 42.2 Å². The maximum atomic E-state index is 6.11. The summed E-state index contributed by atoms with van der Waals surface area (Å²) in [5, 5.41) is 0. The maximum Gasteiger partial charge on any atom is 0.0514 e. The third kappa shape index (κ3) is 3.03. The van der Waals surface area contributed by atoms with Gasteiger partial charge in [0.15, 0.2) is 0 Å². The van der Waals surface area contributed by atoms with Crippen molar-refractivity contribution < 1.29 is 0 Å². The summed E-state index contributed by atoms with van der Waals surface area (Å²) in [6.45, 7) is 9.64. The van der Waals surface area contributed by atoms with Crippen molar-refractivity contribution in [2.45, 2.75) is 45.8 Å². The van der Waals surface area contributed by atoms with E-state index in [1.807, 2.05) is 12.3 Å². The Bertz CT molecular complexity index is 295. The summed E-state index contributed by atoms with van der Waals surface area (Å²) in [4.78, 5) is 6.59. The van der Waals surface area contributed by atoms with Crippen molar-refractivity contribution in [2.75, 3.05) is 6.54 Å². The number of nitrogens with two attached hydrogens (primary N) is 1. The van der Waals surface area contributed by atoms with E-state index in [0.717, 1.165) is 6.54 Å². The molecule has 0 radical (unpaired) electrons. The number of hydrogen-bond donors (Lipinski definition) is 1. The van der Waals surface area contributed by atoms with E-state index in [4.69, 9.17) is 5.73 Å². The lowest BCUT2D eigenvalue weighted by molar-refractivity contribution is 0.144. The lowest BCUT2D eigenvalue weighted by Gasteiger charge is -2.36. The first-order chi connectivity index (χ1) is 7.57. The summed E-state index contributed by atoms with van der Waals surface area (Å²) in [5.41, 5.74) is 7.32. The molecule has 1 rings (SSSR count). The minimum Gasteiger partial charge on any atom is -0.326 e. The van der Waals surface area contributed by atoms with Gasteiger partial charge < -0.3 is 5.73 Å². The SMILES string of the molecule is CCN(C(C)C)C(c1cccnc1)C(C)N. The second-order valence-corrected chi connectivity index (χ2v) is 4.51. The third-order valence-electron chi connectivity index (χ3n) is 2.91. The van der Waals surface area contributed by atoms with E-state index >= 15 is 0 Å². The molecule has 0 saturated carbocycles. The Balaban J connectivity index is 2.99. The number of hydrogen-bond acceptors (Lipinski definition) is 3. The van der Waals surface area contributed by atoms with Crippen LogP contribution in [0, 0.1) is 0 Å². The van der Waals surface area contributed by atoms with Gasteiger partial charge in [-0.15, -0.1) is 0 Å². The van der Waals surface area contributed by atoms with Crippen molar-refractivity contribution in [1.82, 2.24) is 9.88 Å². The van der Waals surface area contributed by atoms with Gasteiger partial charge in [-0.25, -0.2) is 0 Å². The zero-order chi connectivity index (χ0) is 12.1. The number of rotatable bonds is 5. The summed E-state index contributed by atoms with van der Waals surface area (Å²) >= 11 is 0. The minimum atomic E-state index is 0.103. The highest BCUT2D eigenvalue weighted by Gasteiger charge is 2.24. The first-order valence-corrected chi connectivity index (χ1v) is 5.99. The molecule has 0 saturated heterocycles. The molecule has 3 heteroatoms. The molecule has 1 aromatic heterocycles. The summed E-state index contributed by atoms with van der Waals surface area (Å²) in [5.74, 6) is 0. The molecular weight excluding hydrogens is 198 g/mol. The van der Waals surface area contributed by atoms with Crippen LogP contribution in [0.1, 0.15) is 39.3 Å². The second-order valence-electron chi connectivity index (χ2n) is 4.51. The fourth-order valence-corrected chi connectivity index (χ4v) is 2.23. The zero-order valence-corrected chi connectivity index (χ0v) is 10.7. The Morgan fingerprint density at radius 2 is 2.06 bits per heavy atom. The van der Waals surface area contributed by atoms with E-state index in [-0.39, 0.29) is 12.1 Å². The standard InChI is InChI=1S/C13H23N3/c1-5-16(10(2)3)13(11(4)14)12-7-6-8-15-9-12/h6-11,13H,5,14H2,1-4H3. The van der Waals surface area contributed by atoms with Crippen molar-refractivity contribution in [3.63, 3.8) is 0 Å². The Labute approximate surface area is 98.7 Å². The summed E-state index contributed by atoms with van der Waals surface area (Å²) < 4.78 is 0. The van der Waals surface area contributed by atoms with E-state index in [9.17, 15) is 0 Å². The van der Waals surface area contributed by atoms with Gasteiger partial charge in [-0.05, 0) is 38.9 Å². The van der Waals surface area contributed by atoms with Crippen molar-refractivity contribution >= 4 is 0 Å². The quantitative estimate of drug-likeness (QED) is 0.829. The van der Waals surface area contributed by atoms with Crippen LogP contribution in [0.15, 0.2) is 24.5 Å². The summed E-state index contributed by atoms with van der Waals surface area (Å²) in [7, 11) is 0. The molecule has 1 aromatic rings. The van der Waals surface area contributed by atoms with Crippen molar-refractivity contribution in [1.29, 1.82) is 0 Å². The van der Waals surface area contributed by atoms with Gasteiger partial charge >= 0.3 is 0 Å². The maximum absolute atomic E-state index is 6.11. The van der Waals surface area contributed by atoms with E-state index in [1.165, 1.54) is 5.56 Å². The molecule has 0 amide bonds. The highest BCUT2D eigenvalue weighted by molar-refractivity contribution is 5.16. The summed E-state index contributed by atoms with van der Waals surface area (Å²) in [6.07, 6.45) is 3.71. The molecule has 1 heterocycles. The second kappa shape index (κ2) is 5.97. The van der Waals surface area contributed by atoms with Crippen LogP contribution >= 0.6 is 0 Å². The minimum absolute atomic E-state index is 0.103. The van der Waals surface area contributed by atoms with Crippen LogP contribution in [0.2, 0.25) is 0 Å². The average molecular weight is 221 g/mol.